The van der Waals surface area contributed by atoms with Crippen molar-refractivity contribution in [2.24, 2.45) is 5.73 Å². The number of nitrogens with zero attached hydrogens (tertiary/aromatic N) is 1. The van der Waals surface area contributed by atoms with Crippen molar-refractivity contribution < 1.29 is 4.92 Å². The van der Waals surface area contributed by atoms with Gasteiger partial charge in [0.25, 0.3) is 5.69 Å². The standard InChI is InChI=1S/C10H14BrN3O2/c1-10(2,6-12)13-8-4-3-7(11)5-9(8)14(15)16/h3-5,13H,6,12H2,1-2H3. The van der Waals surface area contributed by atoms with Crippen molar-refractivity contribution in [3.05, 3.63) is 32.8 Å². The molecule has 0 aliphatic carbocycles. The van der Waals surface area contributed by atoms with E-state index in [0.29, 0.717) is 16.7 Å². The van der Waals surface area contributed by atoms with Gasteiger partial charge in [-0.25, -0.2) is 0 Å². The van der Waals surface area contributed by atoms with Crippen LogP contribution in [0.25, 0.3) is 0 Å². The average Bonchev–Trinajstić information content (AvgIpc) is 2.20. The lowest BCUT2D eigenvalue weighted by Crippen LogP contribution is -2.39. The third kappa shape index (κ3) is 3.18. The predicted octanol–water partition coefficient (Wildman–Crippen LogP) is 2.51. The molecule has 0 aliphatic heterocycles. The molecule has 0 heterocycles. The molecule has 0 unspecified atom stereocenters. The van der Waals surface area contributed by atoms with E-state index in [1.807, 2.05) is 13.8 Å². The number of rotatable bonds is 4. The summed E-state index contributed by atoms with van der Waals surface area (Å²) in [6.07, 6.45) is 0. The minimum atomic E-state index is -0.417. The van der Waals surface area contributed by atoms with Crippen molar-refractivity contribution in [2.45, 2.75) is 19.4 Å². The van der Waals surface area contributed by atoms with Gasteiger partial charge in [-0.15, -0.1) is 0 Å². The Balaban J connectivity index is 3.09. The fourth-order valence-electron chi connectivity index (χ4n) is 1.18. The molecular weight excluding hydrogens is 274 g/mol. The van der Waals surface area contributed by atoms with Gasteiger partial charge in [-0.2, -0.15) is 0 Å². The monoisotopic (exact) mass is 287 g/mol. The lowest BCUT2D eigenvalue weighted by molar-refractivity contribution is -0.384. The number of halogens is 1. The molecule has 0 saturated carbocycles. The minimum Gasteiger partial charge on any atom is -0.373 e. The van der Waals surface area contributed by atoms with E-state index in [9.17, 15) is 10.1 Å². The number of nitrogens with two attached hydrogens (primary N) is 1. The fraction of sp³-hybridized carbons (Fsp3) is 0.400. The third-order valence-electron chi connectivity index (χ3n) is 2.14. The first-order valence-electron chi connectivity index (χ1n) is 4.78. The van der Waals surface area contributed by atoms with Crippen LogP contribution in [0.4, 0.5) is 11.4 Å². The smallest absolute Gasteiger partial charge is 0.293 e. The maximum absolute atomic E-state index is 10.9. The lowest BCUT2D eigenvalue weighted by Gasteiger charge is -2.25. The second kappa shape index (κ2) is 4.80. The largest absolute Gasteiger partial charge is 0.373 e. The van der Waals surface area contributed by atoms with E-state index in [4.69, 9.17) is 5.73 Å². The molecule has 0 aliphatic rings. The first-order chi connectivity index (χ1) is 7.35. The maximum atomic E-state index is 10.9. The van der Waals surface area contributed by atoms with Crippen LogP contribution in [-0.2, 0) is 0 Å². The Kier molecular flexibility index (Phi) is 3.88. The van der Waals surface area contributed by atoms with Gasteiger partial charge in [-0.05, 0) is 26.0 Å². The number of nitro groups is 1. The molecule has 0 atom stereocenters. The molecule has 1 aromatic carbocycles. The summed E-state index contributed by atoms with van der Waals surface area (Å²) in [6.45, 7) is 4.16. The number of hydrogen-bond acceptors (Lipinski definition) is 4. The zero-order chi connectivity index (χ0) is 12.3. The average molecular weight is 288 g/mol. The first-order valence-corrected chi connectivity index (χ1v) is 5.57. The van der Waals surface area contributed by atoms with Crippen LogP contribution in [0.5, 0.6) is 0 Å². The summed E-state index contributed by atoms with van der Waals surface area (Å²) in [5.74, 6) is 0. The van der Waals surface area contributed by atoms with Gasteiger partial charge in [0.15, 0.2) is 0 Å². The first kappa shape index (κ1) is 12.9. The Labute approximate surface area is 102 Å². The number of nitrogens with one attached hydrogen (secondary N) is 1. The predicted molar refractivity (Wildman–Crippen MR) is 67.6 cm³/mol. The Morgan fingerprint density at radius 1 is 1.56 bits per heavy atom. The summed E-state index contributed by atoms with van der Waals surface area (Å²) in [6, 6.07) is 4.89. The SMILES string of the molecule is CC(C)(CN)Nc1ccc(Br)cc1[N+](=O)[O-]. The number of nitro benzene ring substituents is 1. The van der Waals surface area contributed by atoms with Crippen molar-refractivity contribution in [1.29, 1.82) is 0 Å². The van der Waals surface area contributed by atoms with E-state index in [0.717, 1.165) is 0 Å². The number of benzene rings is 1. The van der Waals surface area contributed by atoms with Crippen LogP contribution in [0.1, 0.15) is 13.8 Å². The number of hydrogen-bond donors (Lipinski definition) is 2. The Morgan fingerprint density at radius 3 is 2.69 bits per heavy atom. The molecule has 0 spiro atoms. The van der Waals surface area contributed by atoms with Gasteiger partial charge in [0.05, 0.1) is 4.92 Å². The van der Waals surface area contributed by atoms with Crippen LogP contribution in [-0.4, -0.2) is 17.0 Å². The van der Waals surface area contributed by atoms with E-state index >= 15 is 0 Å². The summed E-state index contributed by atoms with van der Waals surface area (Å²) in [5, 5.41) is 13.9. The highest BCUT2D eigenvalue weighted by molar-refractivity contribution is 9.10. The van der Waals surface area contributed by atoms with Gasteiger partial charge in [0.1, 0.15) is 5.69 Å². The van der Waals surface area contributed by atoms with Crippen molar-refractivity contribution in [1.82, 2.24) is 0 Å². The quantitative estimate of drug-likeness (QED) is 0.659. The molecule has 0 bridgehead atoms. The minimum absolute atomic E-state index is 0.0379. The van der Waals surface area contributed by atoms with Crippen LogP contribution >= 0.6 is 15.9 Å². The topological polar surface area (TPSA) is 81.2 Å². The molecule has 0 radical (unpaired) electrons. The summed E-state index contributed by atoms with van der Waals surface area (Å²) in [4.78, 5) is 10.4. The maximum Gasteiger partial charge on any atom is 0.293 e. The molecule has 0 saturated heterocycles. The molecule has 1 rings (SSSR count). The second-order valence-electron chi connectivity index (χ2n) is 4.13. The molecule has 16 heavy (non-hydrogen) atoms. The van der Waals surface area contributed by atoms with Gasteiger partial charge in [0.2, 0.25) is 0 Å². The van der Waals surface area contributed by atoms with Crippen LogP contribution in [0.2, 0.25) is 0 Å². The van der Waals surface area contributed by atoms with E-state index in [1.54, 1.807) is 12.1 Å². The van der Waals surface area contributed by atoms with Crippen LogP contribution < -0.4 is 11.1 Å². The van der Waals surface area contributed by atoms with E-state index in [-0.39, 0.29) is 11.2 Å². The summed E-state index contributed by atoms with van der Waals surface area (Å²) in [5.41, 5.74) is 5.71. The van der Waals surface area contributed by atoms with Crippen LogP contribution in [0, 0.1) is 10.1 Å². The van der Waals surface area contributed by atoms with Crippen molar-refractivity contribution in [3.8, 4) is 0 Å². The Morgan fingerprint density at radius 2 is 2.19 bits per heavy atom. The highest BCUT2D eigenvalue weighted by Gasteiger charge is 2.21. The number of anilines is 1. The highest BCUT2D eigenvalue weighted by atomic mass is 79.9. The molecule has 0 fully saturated rings. The zero-order valence-electron chi connectivity index (χ0n) is 9.16. The molecule has 5 nitrogen and oxygen atoms in total. The molecular formula is C10H14BrN3O2. The molecule has 0 aromatic heterocycles. The molecule has 1 aromatic rings. The molecule has 3 N–H and O–H groups in total. The van der Waals surface area contributed by atoms with Gasteiger partial charge in [-0.1, -0.05) is 15.9 Å². The van der Waals surface area contributed by atoms with Crippen LogP contribution in [0.3, 0.4) is 0 Å². The van der Waals surface area contributed by atoms with Gasteiger partial charge < -0.3 is 11.1 Å². The van der Waals surface area contributed by atoms with Crippen molar-refractivity contribution >= 4 is 27.3 Å². The van der Waals surface area contributed by atoms with Crippen molar-refractivity contribution in [3.63, 3.8) is 0 Å². The van der Waals surface area contributed by atoms with Crippen molar-refractivity contribution in [2.75, 3.05) is 11.9 Å². The van der Waals surface area contributed by atoms with Crippen LogP contribution in [0.15, 0.2) is 22.7 Å². The van der Waals surface area contributed by atoms with E-state index in [2.05, 4.69) is 21.2 Å². The van der Waals surface area contributed by atoms with Gasteiger partial charge in [-0.3, -0.25) is 10.1 Å². The molecule has 0 amide bonds. The second-order valence-corrected chi connectivity index (χ2v) is 5.05. The molecule has 88 valence electrons. The normalized spacial score (nSPS) is 11.2. The zero-order valence-corrected chi connectivity index (χ0v) is 10.7. The van der Waals surface area contributed by atoms with E-state index in [1.165, 1.54) is 6.07 Å². The summed E-state index contributed by atoms with van der Waals surface area (Å²) >= 11 is 3.20. The van der Waals surface area contributed by atoms with Gasteiger partial charge in [0, 0.05) is 22.6 Å². The summed E-state index contributed by atoms with van der Waals surface area (Å²) < 4.78 is 0.676. The Hall–Kier alpha value is -1.14. The highest BCUT2D eigenvalue weighted by Crippen LogP contribution is 2.29. The molecule has 6 heteroatoms. The van der Waals surface area contributed by atoms with Gasteiger partial charge >= 0.3 is 0 Å². The van der Waals surface area contributed by atoms with E-state index < -0.39 is 4.92 Å². The fourth-order valence-corrected chi connectivity index (χ4v) is 1.53. The third-order valence-corrected chi connectivity index (χ3v) is 2.63. The summed E-state index contributed by atoms with van der Waals surface area (Å²) in [7, 11) is 0. The Bertz CT molecular complexity index is 407. The lowest BCUT2D eigenvalue weighted by atomic mass is 10.1.